The maximum atomic E-state index is 6.29. The maximum absolute atomic E-state index is 6.29. The summed E-state index contributed by atoms with van der Waals surface area (Å²) in [6.07, 6.45) is 1.86. The molecule has 2 nitrogen and oxygen atoms in total. The van der Waals surface area contributed by atoms with E-state index in [4.69, 9.17) is 28.3 Å². The van der Waals surface area contributed by atoms with Gasteiger partial charge in [-0.25, -0.2) is 0 Å². The number of benzene rings is 1. The molecule has 0 saturated heterocycles. The Morgan fingerprint density at radius 3 is 2.43 bits per heavy atom. The lowest BCUT2D eigenvalue weighted by Crippen LogP contribution is -2.30. The average Bonchev–Trinajstić information content (AvgIpc) is 2.84. The number of halogens is 2. The number of hydrogen-bond acceptors (Lipinski definition) is 1. The van der Waals surface area contributed by atoms with Crippen LogP contribution >= 0.6 is 23.2 Å². The lowest BCUT2D eigenvalue weighted by molar-refractivity contribution is 0.293. The molecule has 2 rings (SSSR count). The third-order valence-corrected chi connectivity index (χ3v) is 5.12. The van der Waals surface area contributed by atoms with Crippen molar-refractivity contribution >= 4 is 34.1 Å². The summed E-state index contributed by atoms with van der Waals surface area (Å²) in [4.78, 5) is 0. The van der Waals surface area contributed by atoms with Gasteiger partial charge in [0.2, 0.25) is 0 Å². The van der Waals surface area contributed by atoms with Gasteiger partial charge in [0.1, 0.15) is 0 Å². The number of rotatable bonds is 7. The van der Waals surface area contributed by atoms with Crippen LogP contribution in [0.5, 0.6) is 0 Å². The van der Waals surface area contributed by atoms with Crippen LogP contribution in [0.4, 0.5) is 0 Å². The zero-order valence-electron chi connectivity index (χ0n) is 13.1. The SMILES string of the molecule is CCn1nc(CC(CCl)(CCl)CC(C)C)c2ccccc21. The lowest BCUT2D eigenvalue weighted by atomic mass is 9.79. The van der Waals surface area contributed by atoms with Crippen molar-refractivity contribution in [3.8, 4) is 0 Å². The first kappa shape index (κ1) is 16.6. The van der Waals surface area contributed by atoms with Crippen molar-refractivity contribution in [3.05, 3.63) is 30.0 Å². The van der Waals surface area contributed by atoms with Gasteiger partial charge in [-0.1, -0.05) is 32.0 Å². The van der Waals surface area contributed by atoms with E-state index in [9.17, 15) is 0 Å². The number of nitrogens with zero attached hydrogens (tertiary/aromatic N) is 2. The molecule has 0 aliphatic rings. The zero-order chi connectivity index (χ0) is 15.5. The summed E-state index contributed by atoms with van der Waals surface area (Å²) in [5.74, 6) is 1.71. The molecule has 0 N–H and O–H groups in total. The molecule has 0 bridgehead atoms. The van der Waals surface area contributed by atoms with Crippen LogP contribution in [0.1, 0.15) is 32.9 Å². The van der Waals surface area contributed by atoms with Crippen molar-refractivity contribution in [1.82, 2.24) is 9.78 Å². The summed E-state index contributed by atoms with van der Waals surface area (Å²) >= 11 is 12.6. The van der Waals surface area contributed by atoms with Crippen molar-refractivity contribution in [3.63, 3.8) is 0 Å². The van der Waals surface area contributed by atoms with Crippen LogP contribution in [-0.2, 0) is 13.0 Å². The molecule has 1 heterocycles. The van der Waals surface area contributed by atoms with E-state index < -0.39 is 0 Å². The molecule has 0 atom stereocenters. The lowest BCUT2D eigenvalue weighted by Gasteiger charge is -2.30. The van der Waals surface area contributed by atoms with Gasteiger partial charge in [0.25, 0.3) is 0 Å². The predicted molar refractivity (Wildman–Crippen MR) is 92.4 cm³/mol. The number of fused-ring (bicyclic) bond motifs is 1. The quantitative estimate of drug-likeness (QED) is 0.646. The number of hydrogen-bond donors (Lipinski definition) is 0. The first-order valence-corrected chi connectivity index (χ1v) is 8.68. The van der Waals surface area contributed by atoms with Crippen molar-refractivity contribution in [1.29, 1.82) is 0 Å². The van der Waals surface area contributed by atoms with Gasteiger partial charge in [0, 0.05) is 35.5 Å². The highest BCUT2D eigenvalue weighted by atomic mass is 35.5. The Morgan fingerprint density at radius 1 is 1.19 bits per heavy atom. The Balaban J connectivity index is 2.41. The van der Waals surface area contributed by atoms with Crippen molar-refractivity contribution in [2.24, 2.45) is 11.3 Å². The Labute approximate surface area is 137 Å². The number of aromatic nitrogens is 2. The average molecular weight is 327 g/mol. The first-order chi connectivity index (χ1) is 10.0. The molecular weight excluding hydrogens is 303 g/mol. The minimum absolute atomic E-state index is 0.0764. The zero-order valence-corrected chi connectivity index (χ0v) is 14.6. The third kappa shape index (κ3) is 3.54. The van der Waals surface area contributed by atoms with Crippen LogP contribution in [0.15, 0.2) is 24.3 Å². The molecule has 2 aromatic rings. The van der Waals surface area contributed by atoms with Crippen LogP contribution in [0.25, 0.3) is 10.9 Å². The highest BCUT2D eigenvalue weighted by Gasteiger charge is 2.31. The first-order valence-electron chi connectivity index (χ1n) is 7.61. The maximum Gasteiger partial charge on any atom is 0.0709 e. The Kier molecular flexibility index (Phi) is 5.56. The van der Waals surface area contributed by atoms with Gasteiger partial charge in [0.05, 0.1) is 11.2 Å². The molecule has 0 unspecified atom stereocenters. The Hall–Kier alpha value is -0.730. The molecule has 0 radical (unpaired) electrons. The van der Waals surface area contributed by atoms with Crippen LogP contribution in [0, 0.1) is 11.3 Å². The minimum Gasteiger partial charge on any atom is -0.265 e. The van der Waals surface area contributed by atoms with Gasteiger partial charge >= 0.3 is 0 Å². The molecule has 4 heteroatoms. The summed E-state index contributed by atoms with van der Waals surface area (Å²) in [5.41, 5.74) is 2.24. The fourth-order valence-corrected chi connectivity index (χ4v) is 3.79. The van der Waals surface area contributed by atoms with Gasteiger partial charge in [-0.2, -0.15) is 5.10 Å². The van der Waals surface area contributed by atoms with Crippen LogP contribution in [0.2, 0.25) is 0 Å². The molecule has 21 heavy (non-hydrogen) atoms. The molecule has 0 spiro atoms. The molecule has 116 valence electrons. The highest BCUT2D eigenvalue weighted by molar-refractivity contribution is 6.21. The smallest absolute Gasteiger partial charge is 0.0709 e. The fraction of sp³-hybridized carbons (Fsp3) is 0.588. The molecule has 0 amide bonds. The third-order valence-electron chi connectivity index (χ3n) is 3.98. The van der Waals surface area contributed by atoms with Gasteiger partial charge in [-0.3, -0.25) is 4.68 Å². The molecule has 0 aliphatic carbocycles. The molecule has 1 aromatic carbocycles. The van der Waals surface area contributed by atoms with E-state index in [0.717, 1.165) is 25.1 Å². The van der Waals surface area contributed by atoms with Gasteiger partial charge in [-0.05, 0) is 25.3 Å². The second-order valence-electron chi connectivity index (χ2n) is 6.32. The van der Waals surface area contributed by atoms with Gasteiger partial charge in [-0.15, -0.1) is 23.2 Å². The minimum atomic E-state index is -0.0764. The van der Waals surface area contributed by atoms with E-state index >= 15 is 0 Å². The number of para-hydroxylation sites is 1. The van der Waals surface area contributed by atoms with Crippen LogP contribution in [0.3, 0.4) is 0 Å². The second-order valence-corrected chi connectivity index (χ2v) is 6.86. The molecular formula is C17H24Cl2N2. The molecule has 0 fully saturated rings. The van der Waals surface area contributed by atoms with Crippen LogP contribution in [-0.4, -0.2) is 21.5 Å². The van der Waals surface area contributed by atoms with Gasteiger partial charge in [0.15, 0.2) is 0 Å². The van der Waals surface area contributed by atoms with E-state index in [1.54, 1.807) is 0 Å². The predicted octanol–water partition coefficient (Wildman–Crippen LogP) is 5.11. The van der Waals surface area contributed by atoms with Crippen LogP contribution < -0.4 is 0 Å². The topological polar surface area (TPSA) is 17.8 Å². The van der Waals surface area contributed by atoms with E-state index in [1.165, 1.54) is 10.9 Å². The molecule has 0 saturated carbocycles. The van der Waals surface area contributed by atoms with E-state index in [1.807, 2.05) is 0 Å². The van der Waals surface area contributed by atoms with Crippen molar-refractivity contribution in [2.75, 3.05) is 11.8 Å². The molecule has 1 aromatic heterocycles. The number of aryl methyl sites for hydroxylation is 1. The number of alkyl halides is 2. The standard InChI is InChI=1S/C17H24Cl2N2/c1-4-21-16-8-6-5-7-14(16)15(20-21)10-17(11-18,12-19)9-13(2)3/h5-8,13H,4,9-12H2,1-3H3. The summed E-state index contributed by atoms with van der Waals surface area (Å²) in [6.45, 7) is 7.43. The summed E-state index contributed by atoms with van der Waals surface area (Å²) in [6, 6.07) is 8.40. The summed E-state index contributed by atoms with van der Waals surface area (Å²) in [5, 5.41) is 6.02. The largest absolute Gasteiger partial charge is 0.265 e. The van der Waals surface area contributed by atoms with E-state index in [0.29, 0.717) is 17.7 Å². The van der Waals surface area contributed by atoms with Gasteiger partial charge < -0.3 is 0 Å². The van der Waals surface area contributed by atoms with Crippen molar-refractivity contribution < 1.29 is 0 Å². The normalized spacial score (nSPS) is 12.5. The second kappa shape index (κ2) is 7.02. The fourth-order valence-electron chi connectivity index (χ4n) is 3.10. The molecule has 0 aliphatic heterocycles. The summed E-state index contributed by atoms with van der Waals surface area (Å²) < 4.78 is 2.06. The van der Waals surface area contributed by atoms with E-state index in [2.05, 4.69) is 49.7 Å². The summed E-state index contributed by atoms with van der Waals surface area (Å²) in [7, 11) is 0. The Bertz CT molecular complexity index is 585. The monoisotopic (exact) mass is 326 g/mol. The highest BCUT2D eigenvalue weighted by Crippen LogP contribution is 2.35. The Morgan fingerprint density at radius 2 is 1.86 bits per heavy atom. The van der Waals surface area contributed by atoms with E-state index in [-0.39, 0.29) is 5.41 Å². The van der Waals surface area contributed by atoms with Crippen molar-refractivity contribution in [2.45, 2.75) is 40.2 Å².